The second-order valence-corrected chi connectivity index (χ2v) is 9.54. The van der Waals surface area contributed by atoms with E-state index in [9.17, 15) is 4.79 Å². The number of ether oxygens (including phenoxy) is 2. The highest BCUT2D eigenvalue weighted by atomic mass is 79.9. The zero-order valence-electron chi connectivity index (χ0n) is 15.3. The van der Waals surface area contributed by atoms with Crippen LogP contribution in [0.5, 0.6) is 11.5 Å². The summed E-state index contributed by atoms with van der Waals surface area (Å²) < 4.78 is 12.3. The minimum Gasteiger partial charge on any atom is -0.497 e. The van der Waals surface area contributed by atoms with E-state index in [2.05, 4.69) is 33.0 Å². The van der Waals surface area contributed by atoms with Gasteiger partial charge in [-0.2, -0.15) is 0 Å². The molecule has 7 heteroatoms. The van der Waals surface area contributed by atoms with Crippen molar-refractivity contribution in [2.75, 3.05) is 39.9 Å². The summed E-state index contributed by atoms with van der Waals surface area (Å²) >= 11 is 5.29. The molecule has 1 unspecified atom stereocenters. The maximum absolute atomic E-state index is 13.0. The molecule has 0 radical (unpaired) electrons. The van der Waals surface area contributed by atoms with Gasteiger partial charge in [-0.15, -0.1) is 11.3 Å². The van der Waals surface area contributed by atoms with Gasteiger partial charge in [-0.25, -0.2) is 0 Å². The van der Waals surface area contributed by atoms with Crippen molar-refractivity contribution >= 4 is 33.2 Å². The van der Waals surface area contributed by atoms with Crippen molar-refractivity contribution in [1.29, 1.82) is 0 Å². The van der Waals surface area contributed by atoms with Gasteiger partial charge in [0.05, 0.1) is 16.8 Å². The van der Waals surface area contributed by atoms with Crippen molar-refractivity contribution in [3.8, 4) is 11.5 Å². The molecule has 5 nitrogen and oxygen atoms in total. The molecule has 2 aliphatic rings. The molecule has 4 rings (SSSR count). The number of hydrogen-bond donors (Lipinski definition) is 0. The van der Waals surface area contributed by atoms with Crippen LogP contribution < -0.4 is 9.47 Å². The predicted molar refractivity (Wildman–Crippen MR) is 110 cm³/mol. The SMILES string of the molecule is COc1ccc2c(c1)CC(C(=O)N1CCN(Cc3ccc(Br)s3)CC1)CO2. The normalized spacial score (nSPS) is 20.1. The number of amides is 1. The summed E-state index contributed by atoms with van der Waals surface area (Å²) in [5.41, 5.74) is 1.06. The summed E-state index contributed by atoms with van der Waals surface area (Å²) in [5, 5.41) is 0. The Bertz CT molecular complexity index is 817. The first-order valence-electron chi connectivity index (χ1n) is 9.17. The quantitative estimate of drug-likeness (QED) is 0.715. The van der Waals surface area contributed by atoms with Crippen molar-refractivity contribution in [3.63, 3.8) is 0 Å². The van der Waals surface area contributed by atoms with Crippen LogP contribution >= 0.6 is 27.3 Å². The van der Waals surface area contributed by atoms with Crippen LogP contribution in [0, 0.1) is 5.92 Å². The molecule has 1 aromatic carbocycles. The summed E-state index contributed by atoms with van der Waals surface area (Å²) in [5.74, 6) is 1.78. The van der Waals surface area contributed by atoms with E-state index in [1.807, 2.05) is 23.1 Å². The average molecular weight is 451 g/mol. The minimum absolute atomic E-state index is 0.107. The molecule has 0 saturated carbocycles. The lowest BCUT2D eigenvalue weighted by Crippen LogP contribution is -2.51. The number of nitrogens with zero attached hydrogens (tertiary/aromatic N) is 2. The molecule has 3 heterocycles. The number of carbonyl (C=O) groups excluding carboxylic acids is 1. The van der Waals surface area contributed by atoms with Crippen molar-refractivity contribution in [1.82, 2.24) is 9.80 Å². The molecule has 1 fully saturated rings. The zero-order chi connectivity index (χ0) is 18.8. The summed E-state index contributed by atoms with van der Waals surface area (Å²) in [6.07, 6.45) is 0.717. The Morgan fingerprint density at radius 2 is 2.07 bits per heavy atom. The third kappa shape index (κ3) is 4.31. The van der Waals surface area contributed by atoms with E-state index in [0.717, 1.165) is 56.2 Å². The first-order valence-corrected chi connectivity index (χ1v) is 10.8. The first-order chi connectivity index (χ1) is 13.1. The van der Waals surface area contributed by atoms with Crippen LogP contribution in [0.2, 0.25) is 0 Å². The van der Waals surface area contributed by atoms with Crippen LogP contribution in [0.25, 0.3) is 0 Å². The van der Waals surface area contributed by atoms with E-state index in [1.54, 1.807) is 18.4 Å². The highest BCUT2D eigenvalue weighted by Gasteiger charge is 2.31. The van der Waals surface area contributed by atoms with Gasteiger partial charge in [-0.1, -0.05) is 0 Å². The number of methoxy groups -OCH3 is 1. The van der Waals surface area contributed by atoms with E-state index in [4.69, 9.17) is 9.47 Å². The Labute approximate surface area is 172 Å². The van der Waals surface area contributed by atoms with Crippen LogP contribution in [0.15, 0.2) is 34.1 Å². The number of piperazine rings is 1. The molecule has 0 spiro atoms. The number of benzene rings is 1. The second-order valence-electron chi connectivity index (χ2n) is 6.99. The Hall–Kier alpha value is -1.57. The number of thiophene rings is 1. The van der Waals surface area contributed by atoms with E-state index in [-0.39, 0.29) is 11.8 Å². The largest absolute Gasteiger partial charge is 0.497 e. The lowest BCUT2D eigenvalue weighted by molar-refractivity contribution is -0.138. The lowest BCUT2D eigenvalue weighted by atomic mass is 9.95. The smallest absolute Gasteiger partial charge is 0.229 e. The number of carbonyl (C=O) groups is 1. The number of rotatable bonds is 4. The molecular formula is C20H23BrN2O3S. The highest BCUT2D eigenvalue weighted by molar-refractivity contribution is 9.11. The number of halogens is 1. The van der Waals surface area contributed by atoms with Gasteiger partial charge in [0.1, 0.15) is 18.1 Å². The number of fused-ring (bicyclic) bond motifs is 1. The van der Waals surface area contributed by atoms with Gasteiger partial charge in [-0.05, 0) is 58.2 Å². The number of hydrogen-bond acceptors (Lipinski definition) is 5. The molecule has 0 bridgehead atoms. The van der Waals surface area contributed by atoms with Gasteiger partial charge >= 0.3 is 0 Å². The van der Waals surface area contributed by atoms with Gasteiger partial charge in [0.2, 0.25) is 5.91 Å². The fourth-order valence-electron chi connectivity index (χ4n) is 3.70. The molecular weight excluding hydrogens is 428 g/mol. The van der Waals surface area contributed by atoms with Crippen LogP contribution in [0.4, 0.5) is 0 Å². The summed E-state index contributed by atoms with van der Waals surface area (Å²) in [7, 11) is 1.66. The van der Waals surface area contributed by atoms with E-state index in [1.165, 1.54) is 8.66 Å². The average Bonchev–Trinajstić information content (AvgIpc) is 3.11. The van der Waals surface area contributed by atoms with E-state index in [0.29, 0.717) is 6.61 Å². The van der Waals surface area contributed by atoms with Crippen LogP contribution in [-0.4, -0.2) is 55.6 Å². The Balaban J connectivity index is 1.32. The topological polar surface area (TPSA) is 42.0 Å². The van der Waals surface area contributed by atoms with Crippen LogP contribution in [0.1, 0.15) is 10.4 Å². The van der Waals surface area contributed by atoms with Crippen molar-refractivity contribution in [2.45, 2.75) is 13.0 Å². The standard InChI is InChI=1S/C20H23BrN2O3S/c1-25-16-2-4-18-14(11-16)10-15(13-26-18)20(24)23-8-6-22(7-9-23)12-17-3-5-19(21)27-17/h2-5,11,15H,6-10,12-13H2,1H3. The third-order valence-electron chi connectivity index (χ3n) is 5.22. The van der Waals surface area contributed by atoms with Gasteiger partial charge in [0.15, 0.2) is 0 Å². The van der Waals surface area contributed by atoms with Crippen molar-refractivity contribution in [2.24, 2.45) is 5.92 Å². The van der Waals surface area contributed by atoms with Crippen LogP contribution in [0.3, 0.4) is 0 Å². The first kappa shape index (κ1) is 18.8. The van der Waals surface area contributed by atoms with E-state index >= 15 is 0 Å². The maximum Gasteiger partial charge on any atom is 0.229 e. The Morgan fingerprint density at radius 3 is 2.78 bits per heavy atom. The lowest BCUT2D eigenvalue weighted by Gasteiger charge is -2.37. The molecule has 144 valence electrons. The highest BCUT2D eigenvalue weighted by Crippen LogP contribution is 2.31. The summed E-state index contributed by atoms with van der Waals surface area (Å²) in [4.78, 5) is 18.7. The molecule has 2 aliphatic heterocycles. The third-order valence-corrected chi connectivity index (χ3v) is 6.82. The minimum atomic E-state index is -0.107. The molecule has 0 N–H and O–H groups in total. The second kappa shape index (κ2) is 8.20. The van der Waals surface area contributed by atoms with Crippen LogP contribution in [-0.2, 0) is 17.8 Å². The summed E-state index contributed by atoms with van der Waals surface area (Å²) in [6.45, 7) is 4.82. The Kier molecular flexibility index (Phi) is 5.71. The van der Waals surface area contributed by atoms with Gasteiger partial charge in [0.25, 0.3) is 0 Å². The van der Waals surface area contributed by atoms with Gasteiger partial charge < -0.3 is 14.4 Å². The Morgan fingerprint density at radius 1 is 1.26 bits per heavy atom. The summed E-state index contributed by atoms with van der Waals surface area (Å²) in [6, 6.07) is 10.1. The molecule has 0 aliphatic carbocycles. The molecule has 1 amide bonds. The van der Waals surface area contributed by atoms with Crippen molar-refractivity contribution < 1.29 is 14.3 Å². The van der Waals surface area contributed by atoms with Gasteiger partial charge in [0, 0.05) is 37.6 Å². The molecule has 1 atom stereocenters. The fraction of sp³-hybridized carbons (Fsp3) is 0.450. The predicted octanol–water partition coefficient (Wildman–Crippen LogP) is 3.41. The zero-order valence-corrected chi connectivity index (χ0v) is 17.7. The molecule has 1 aromatic heterocycles. The van der Waals surface area contributed by atoms with Gasteiger partial charge in [-0.3, -0.25) is 9.69 Å². The van der Waals surface area contributed by atoms with Crippen molar-refractivity contribution in [3.05, 3.63) is 44.6 Å². The monoisotopic (exact) mass is 450 g/mol. The maximum atomic E-state index is 13.0. The fourth-order valence-corrected chi connectivity index (χ4v) is 5.22. The molecule has 27 heavy (non-hydrogen) atoms. The van der Waals surface area contributed by atoms with E-state index < -0.39 is 0 Å². The molecule has 2 aromatic rings. The molecule has 1 saturated heterocycles.